The molecule has 8 nitrogen and oxygen atoms in total. The van der Waals surface area contributed by atoms with Gasteiger partial charge in [-0.1, -0.05) is 29.8 Å². The van der Waals surface area contributed by atoms with Crippen molar-refractivity contribution in [1.29, 1.82) is 0 Å². The smallest absolute Gasteiger partial charge is 0.338 e. The van der Waals surface area contributed by atoms with Crippen molar-refractivity contribution in [3.63, 3.8) is 0 Å². The predicted octanol–water partition coefficient (Wildman–Crippen LogP) is 4.63. The highest BCUT2D eigenvalue weighted by Gasteiger charge is 2.30. The van der Waals surface area contributed by atoms with Gasteiger partial charge in [0.1, 0.15) is 12.3 Å². The van der Waals surface area contributed by atoms with Crippen LogP contribution in [0, 0.1) is 20.8 Å². The lowest BCUT2D eigenvalue weighted by atomic mass is 10.1. The quantitative estimate of drug-likeness (QED) is 0.421. The second kappa shape index (κ2) is 11.3. The van der Waals surface area contributed by atoms with Crippen molar-refractivity contribution in [3.8, 4) is 5.75 Å². The highest BCUT2D eigenvalue weighted by molar-refractivity contribution is 7.92. The van der Waals surface area contributed by atoms with Crippen LogP contribution in [0.1, 0.15) is 34.0 Å². The summed E-state index contributed by atoms with van der Waals surface area (Å²) >= 11 is 0. The summed E-state index contributed by atoms with van der Waals surface area (Å²) in [7, 11) is -2.69. The molecule has 3 aromatic carbocycles. The number of carbonyl (C=O) groups excluding carboxylic acids is 2. The molecule has 0 saturated carbocycles. The Labute approximate surface area is 211 Å². The number of nitrogens with zero attached hydrogens (tertiary/aromatic N) is 1. The molecule has 1 amide bonds. The van der Waals surface area contributed by atoms with Gasteiger partial charge in [0.05, 0.1) is 29.9 Å². The number of nitrogens with one attached hydrogen (secondary N) is 1. The summed E-state index contributed by atoms with van der Waals surface area (Å²) in [6.07, 6.45) is 0. The van der Waals surface area contributed by atoms with Gasteiger partial charge in [-0.25, -0.2) is 13.2 Å². The van der Waals surface area contributed by atoms with E-state index in [0.29, 0.717) is 22.6 Å². The number of hydrogen-bond acceptors (Lipinski definition) is 6. The van der Waals surface area contributed by atoms with Gasteiger partial charge in [-0.05, 0) is 75.2 Å². The van der Waals surface area contributed by atoms with E-state index in [9.17, 15) is 18.0 Å². The third kappa shape index (κ3) is 5.85. The maximum Gasteiger partial charge on any atom is 0.338 e. The van der Waals surface area contributed by atoms with Crippen LogP contribution in [0.15, 0.2) is 65.6 Å². The fourth-order valence-electron chi connectivity index (χ4n) is 3.65. The summed E-state index contributed by atoms with van der Waals surface area (Å²) in [6, 6.07) is 16.4. The monoisotopic (exact) mass is 510 g/mol. The third-order valence-corrected chi connectivity index (χ3v) is 7.38. The highest BCUT2D eigenvalue weighted by Crippen LogP contribution is 2.33. The maximum atomic E-state index is 13.7. The van der Waals surface area contributed by atoms with E-state index >= 15 is 0 Å². The molecule has 0 fully saturated rings. The average Bonchev–Trinajstić information content (AvgIpc) is 2.84. The first kappa shape index (κ1) is 26.7. The first-order valence-electron chi connectivity index (χ1n) is 11.4. The van der Waals surface area contributed by atoms with Crippen LogP contribution in [0.5, 0.6) is 5.75 Å². The number of aryl methyl sites for hydroxylation is 2. The van der Waals surface area contributed by atoms with Crippen molar-refractivity contribution in [2.24, 2.45) is 0 Å². The minimum absolute atomic E-state index is 0.0462. The largest absolute Gasteiger partial charge is 0.495 e. The molecule has 3 rings (SSSR count). The lowest BCUT2D eigenvalue weighted by Crippen LogP contribution is -2.38. The third-order valence-electron chi connectivity index (χ3n) is 5.60. The minimum atomic E-state index is -4.13. The molecule has 36 heavy (non-hydrogen) atoms. The van der Waals surface area contributed by atoms with E-state index < -0.39 is 28.4 Å². The molecule has 0 saturated heterocycles. The van der Waals surface area contributed by atoms with Crippen molar-refractivity contribution in [2.75, 3.05) is 29.9 Å². The molecular weight excluding hydrogens is 480 g/mol. The first-order chi connectivity index (χ1) is 17.1. The van der Waals surface area contributed by atoms with E-state index in [0.717, 1.165) is 15.4 Å². The van der Waals surface area contributed by atoms with Crippen molar-refractivity contribution in [3.05, 3.63) is 82.9 Å². The van der Waals surface area contributed by atoms with Gasteiger partial charge in [-0.3, -0.25) is 9.10 Å². The van der Waals surface area contributed by atoms with E-state index in [1.54, 1.807) is 62.4 Å². The Bertz CT molecular complexity index is 1370. The Balaban J connectivity index is 2.01. The predicted molar refractivity (Wildman–Crippen MR) is 139 cm³/mol. The summed E-state index contributed by atoms with van der Waals surface area (Å²) in [5, 5.41) is 2.74. The van der Waals surface area contributed by atoms with Crippen molar-refractivity contribution < 1.29 is 27.5 Å². The zero-order chi connectivity index (χ0) is 26.5. The number of anilines is 2. The van der Waals surface area contributed by atoms with E-state index in [1.165, 1.54) is 19.2 Å². The van der Waals surface area contributed by atoms with Gasteiger partial charge in [0.25, 0.3) is 10.0 Å². The Kier molecular flexibility index (Phi) is 8.37. The number of methoxy groups -OCH3 is 1. The van der Waals surface area contributed by atoms with E-state index in [-0.39, 0.29) is 17.2 Å². The number of esters is 1. The Hall–Kier alpha value is -3.85. The van der Waals surface area contributed by atoms with E-state index in [2.05, 4.69) is 5.32 Å². The molecule has 1 N–H and O–H groups in total. The number of amides is 1. The van der Waals surface area contributed by atoms with Crippen molar-refractivity contribution in [2.45, 2.75) is 32.6 Å². The number of hydrogen-bond donors (Lipinski definition) is 1. The van der Waals surface area contributed by atoms with Gasteiger partial charge in [-0.15, -0.1) is 0 Å². The molecule has 0 bridgehead atoms. The number of sulfonamides is 1. The number of carbonyl (C=O) groups is 2. The molecule has 0 aliphatic carbocycles. The molecule has 0 aliphatic heterocycles. The second-order valence-corrected chi connectivity index (χ2v) is 10.1. The molecule has 0 heterocycles. The Morgan fingerprint density at radius 3 is 2.25 bits per heavy atom. The average molecular weight is 511 g/mol. The van der Waals surface area contributed by atoms with Crippen LogP contribution < -0.4 is 14.4 Å². The molecule has 0 atom stereocenters. The van der Waals surface area contributed by atoms with E-state index in [4.69, 9.17) is 9.47 Å². The van der Waals surface area contributed by atoms with Crippen LogP contribution in [0.3, 0.4) is 0 Å². The van der Waals surface area contributed by atoms with Gasteiger partial charge < -0.3 is 14.8 Å². The van der Waals surface area contributed by atoms with Crippen LogP contribution in [-0.4, -0.2) is 40.6 Å². The molecular formula is C27H30N2O6S. The SMILES string of the molecule is CCOC(=O)c1cccc(NC(=O)CN(c2cc(C)ccc2OC)S(=O)(=O)c2ccc(C)cc2)c1C. The zero-order valence-corrected chi connectivity index (χ0v) is 21.8. The fraction of sp³-hybridized carbons (Fsp3) is 0.259. The molecule has 0 aromatic heterocycles. The maximum absolute atomic E-state index is 13.7. The Morgan fingerprint density at radius 1 is 0.944 bits per heavy atom. The van der Waals surface area contributed by atoms with Crippen LogP contribution >= 0.6 is 0 Å². The molecule has 9 heteroatoms. The molecule has 190 valence electrons. The summed E-state index contributed by atoms with van der Waals surface area (Å²) in [4.78, 5) is 25.5. The summed E-state index contributed by atoms with van der Waals surface area (Å²) in [5.41, 5.74) is 3.17. The number of ether oxygens (including phenoxy) is 2. The van der Waals surface area contributed by atoms with Crippen molar-refractivity contribution >= 4 is 33.3 Å². The second-order valence-electron chi connectivity index (χ2n) is 8.25. The topological polar surface area (TPSA) is 102 Å². The van der Waals surface area contributed by atoms with Crippen molar-refractivity contribution in [1.82, 2.24) is 0 Å². The van der Waals surface area contributed by atoms with Crippen LogP contribution in [0.4, 0.5) is 11.4 Å². The van der Waals surface area contributed by atoms with Gasteiger partial charge in [-0.2, -0.15) is 0 Å². The van der Waals surface area contributed by atoms with E-state index in [1.807, 2.05) is 13.8 Å². The van der Waals surface area contributed by atoms with Gasteiger partial charge in [0.15, 0.2) is 0 Å². The minimum Gasteiger partial charge on any atom is -0.495 e. The lowest BCUT2D eigenvalue weighted by molar-refractivity contribution is -0.114. The van der Waals surface area contributed by atoms with Crippen LogP contribution in [0.2, 0.25) is 0 Å². The summed E-state index contributed by atoms with van der Waals surface area (Å²) in [6.45, 7) is 6.79. The van der Waals surface area contributed by atoms with Crippen LogP contribution in [-0.2, 0) is 19.6 Å². The molecule has 0 radical (unpaired) electrons. The van der Waals surface area contributed by atoms with Gasteiger partial charge in [0.2, 0.25) is 5.91 Å². The normalized spacial score (nSPS) is 11.0. The molecule has 0 aliphatic rings. The van der Waals surface area contributed by atoms with Gasteiger partial charge in [0, 0.05) is 5.69 Å². The standard InChI is InChI=1S/C27H30N2O6S/c1-6-35-27(31)22-8-7-9-23(20(22)4)28-26(30)17-29(24-16-19(3)12-15-25(24)34-5)36(32,33)21-13-10-18(2)11-14-21/h7-16H,6,17H2,1-5H3,(H,28,30). The molecule has 0 unspecified atom stereocenters. The van der Waals surface area contributed by atoms with Crippen LogP contribution in [0.25, 0.3) is 0 Å². The first-order valence-corrected chi connectivity index (χ1v) is 12.8. The molecule has 0 spiro atoms. The highest BCUT2D eigenvalue weighted by atomic mass is 32.2. The fourth-order valence-corrected chi connectivity index (χ4v) is 5.08. The summed E-state index contributed by atoms with van der Waals surface area (Å²) in [5.74, 6) is -0.776. The zero-order valence-electron chi connectivity index (χ0n) is 21.0. The summed E-state index contributed by atoms with van der Waals surface area (Å²) < 4.78 is 39.0. The Morgan fingerprint density at radius 2 is 1.61 bits per heavy atom. The molecule has 3 aromatic rings. The lowest BCUT2D eigenvalue weighted by Gasteiger charge is -2.26. The van der Waals surface area contributed by atoms with Gasteiger partial charge >= 0.3 is 5.97 Å². The number of benzene rings is 3. The number of rotatable bonds is 9.